The van der Waals surface area contributed by atoms with Crippen LogP contribution in [0.2, 0.25) is 0 Å². The second kappa shape index (κ2) is 5.26. The standard InChI is InChI=1S/C15H17N3O2S/c19-15(10-3-1-2-4-10)18-7-12(8-18)14-16-13(17-20-14)11-5-6-21-9-11/h5-6,9-10,12H,1-4,7-8H2. The summed E-state index contributed by atoms with van der Waals surface area (Å²) in [7, 11) is 0. The minimum absolute atomic E-state index is 0.204. The Labute approximate surface area is 127 Å². The second-order valence-corrected chi connectivity index (χ2v) is 6.67. The maximum Gasteiger partial charge on any atom is 0.233 e. The summed E-state index contributed by atoms with van der Waals surface area (Å²) in [5, 5.41) is 8.03. The Morgan fingerprint density at radius 3 is 2.86 bits per heavy atom. The molecule has 0 unspecified atom stereocenters. The van der Waals surface area contributed by atoms with Gasteiger partial charge in [-0.2, -0.15) is 16.3 Å². The molecular formula is C15H17N3O2S. The SMILES string of the molecule is O=C(C1CCCC1)N1CC(c2nc(-c3ccsc3)no2)C1. The van der Waals surface area contributed by atoms with Crippen LogP contribution in [-0.2, 0) is 4.79 Å². The monoisotopic (exact) mass is 303 g/mol. The van der Waals surface area contributed by atoms with Crippen molar-refractivity contribution < 1.29 is 9.32 Å². The Kier molecular flexibility index (Phi) is 3.25. The van der Waals surface area contributed by atoms with E-state index in [4.69, 9.17) is 4.52 Å². The first kappa shape index (κ1) is 13.0. The second-order valence-electron chi connectivity index (χ2n) is 5.89. The lowest BCUT2D eigenvalue weighted by Crippen LogP contribution is -2.50. The fraction of sp³-hybridized carbons (Fsp3) is 0.533. The Hall–Kier alpha value is -1.69. The van der Waals surface area contributed by atoms with Crippen molar-refractivity contribution in [2.24, 2.45) is 5.92 Å². The van der Waals surface area contributed by atoms with Gasteiger partial charge >= 0.3 is 0 Å². The zero-order valence-corrected chi connectivity index (χ0v) is 12.5. The van der Waals surface area contributed by atoms with E-state index in [1.165, 1.54) is 12.8 Å². The van der Waals surface area contributed by atoms with Gasteiger partial charge in [0, 0.05) is 30.0 Å². The number of rotatable bonds is 3. The molecule has 3 heterocycles. The van der Waals surface area contributed by atoms with Gasteiger partial charge in [-0.3, -0.25) is 4.79 Å². The highest BCUT2D eigenvalue weighted by Gasteiger charge is 2.38. The van der Waals surface area contributed by atoms with E-state index < -0.39 is 0 Å². The summed E-state index contributed by atoms with van der Waals surface area (Å²) in [5.41, 5.74) is 0.994. The number of thiophene rings is 1. The number of hydrogen-bond acceptors (Lipinski definition) is 5. The number of carbonyl (C=O) groups excluding carboxylic acids is 1. The fourth-order valence-electron chi connectivity index (χ4n) is 3.16. The normalized spacial score (nSPS) is 19.9. The molecule has 1 saturated heterocycles. The Balaban J connectivity index is 1.38. The number of hydrogen-bond donors (Lipinski definition) is 0. The lowest BCUT2D eigenvalue weighted by atomic mass is 9.96. The molecule has 0 N–H and O–H groups in total. The summed E-state index contributed by atoms with van der Waals surface area (Å²) in [5.74, 6) is 2.09. The largest absolute Gasteiger partial charge is 0.341 e. The van der Waals surface area contributed by atoms with Gasteiger partial charge in [0.1, 0.15) is 0 Å². The summed E-state index contributed by atoms with van der Waals surface area (Å²) in [4.78, 5) is 18.7. The van der Waals surface area contributed by atoms with Gasteiger partial charge in [0.05, 0.1) is 5.92 Å². The van der Waals surface area contributed by atoms with Crippen LogP contribution in [-0.4, -0.2) is 34.0 Å². The van der Waals surface area contributed by atoms with Crippen molar-refractivity contribution in [1.82, 2.24) is 15.0 Å². The van der Waals surface area contributed by atoms with E-state index in [2.05, 4.69) is 10.1 Å². The maximum atomic E-state index is 12.3. The summed E-state index contributed by atoms with van der Waals surface area (Å²) >= 11 is 1.62. The van der Waals surface area contributed by atoms with Crippen molar-refractivity contribution in [3.8, 4) is 11.4 Å². The number of nitrogens with zero attached hydrogens (tertiary/aromatic N) is 3. The van der Waals surface area contributed by atoms with Gasteiger partial charge in [-0.05, 0) is 24.3 Å². The minimum Gasteiger partial charge on any atom is -0.341 e. The number of amides is 1. The third-order valence-corrected chi connectivity index (χ3v) is 5.15. The third kappa shape index (κ3) is 2.37. The van der Waals surface area contributed by atoms with Gasteiger partial charge in [-0.15, -0.1) is 0 Å². The van der Waals surface area contributed by atoms with Crippen LogP contribution >= 0.6 is 11.3 Å². The molecule has 4 rings (SSSR count). The predicted octanol–water partition coefficient (Wildman–Crippen LogP) is 2.91. The molecule has 1 amide bonds. The Morgan fingerprint density at radius 1 is 1.33 bits per heavy atom. The van der Waals surface area contributed by atoms with E-state index >= 15 is 0 Å². The molecule has 1 saturated carbocycles. The molecule has 2 aromatic heterocycles. The zero-order chi connectivity index (χ0) is 14.2. The van der Waals surface area contributed by atoms with Gasteiger partial charge in [-0.25, -0.2) is 0 Å². The fourth-order valence-corrected chi connectivity index (χ4v) is 3.79. The molecule has 1 aliphatic heterocycles. The topological polar surface area (TPSA) is 59.2 Å². The van der Waals surface area contributed by atoms with E-state index in [0.29, 0.717) is 17.6 Å². The van der Waals surface area contributed by atoms with E-state index in [1.54, 1.807) is 11.3 Å². The Bertz CT molecular complexity index is 625. The van der Waals surface area contributed by atoms with Crippen LogP contribution < -0.4 is 0 Å². The van der Waals surface area contributed by atoms with E-state index in [1.807, 2.05) is 21.7 Å². The lowest BCUT2D eigenvalue weighted by Gasteiger charge is -2.38. The van der Waals surface area contributed by atoms with Crippen molar-refractivity contribution in [2.45, 2.75) is 31.6 Å². The van der Waals surface area contributed by atoms with Gasteiger partial charge in [0.25, 0.3) is 0 Å². The zero-order valence-electron chi connectivity index (χ0n) is 11.7. The molecule has 0 aromatic carbocycles. The van der Waals surface area contributed by atoms with Crippen molar-refractivity contribution in [2.75, 3.05) is 13.1 Å². The van der Waals surface area contributed by atoms with Crippen molar-refractivity contribution in [1.29, 1.82) is 0 Å². The quantitative estimate of drug-likeness (QED) is 0.874. The van der Waals surface area contributed by atoms with Gasteiger partial charge in [-0.1, -0.05) is 18.0 Å². The van der Waals surface area contributed by atoms with Crippen LogP contribution in [0.5, 0.6) is 0 Å². The lowest BCUT2D eigenvalue weighted by molar-refractivity contribution is -0.140. The highest BCUT2D eigenvalue weighted by molar-refractivity contribution is 7.08. The Morgan fingerprint density at radius 2 is 2.14 bits per heavy atom. The summed E-state index contributed by atoms with van der Waals surface area (Å²) in [6, 6.07) is 1.98. The van der Waals surface area contributed by atoms with Crippen molar-refractivity contribution in [3.05, 3.63) is 22.7 Å². The van der Waals surface area contributed by atoms with Crippen LogP contribution in [0.15, 0.2) is 21.3 Å². The molecule has 6 heteroatoms. The van der Waals surface area contributed by atoms with Crippen molar-refractivity contribution >= 4 is 17.2 Å². The molecule has 5 nitrogen and oxygen atoms in total. The third-order valence-electron chi connectivity index (χ3n) is 4.47. The number of carbonyl (C=O) groups is 1. The molecule has 1 aliphatic carbocycles. The van der Waals surface area contributed by atoms with Gasteiger partial charge in [0.2, 0.25) is 17.6 Å². The molecular weight excluding hydrogens is 286 g/mol. The van der Waals surface area contributed by atoms with Crippen LogP contribution in [0.1, 0.15) is 37.5 Å². The summed E-state index contributed by atoms with van der Waals surface area (Å²) in [6.07, 6.45) is 4.51. The van der Waals surface area contributed by atoms with Crippen LogP contribution in [0.25, 0.3) is 11.4 Å². The first-order chi connectivity index (χ1) is 10.3. The molecule has 0 atom stereocenters. The smallest absolute Gasteiger partial charge is 0.233 e. The molecule has 2 fully saturated rings. The van der Waals surface area contributed by atoms with E-state index in [9.17, 15) is 4.79 Å². The maximum absolute atomic E-state index is 12.3. The summed E-state index contributed by atoms with van der Waals surface area (Å²) < 4.78 is 5.35. The number of likely N-dealkylation sites (tertiary alicyclic amines) is 1. The highest BCUT2D eigenvalue weighted by atomic mass is 32.1. The molecule has 110 valence electrons. The molecule has 2 aromatic rings. The minimum atomic E-state index is 0.204. The molecule has 0 bridgehead atoms. The highest BCUT2D eigenvalue weighted by Crippen LogP contribution is 2.33. The number of aromatic nitrogens is 2. The first-order valence-electron chi connectivity index (χ1n) is 7.46. The van der Waals surface area contributed by atoms with Crippen LogP contribution in [0.3, 0.4) is 0 Å². The molecule has 2 aliphatic rings. The van der Waals surface area contributed by atoms with E-state index in [0.717, 1.165) is 31.5 Å². The average molecular weight is 303 g/mol. The van der Waals surface area contributed by atoms with Gasteiger partial charge in [0.15, 0.2) is 0 Å². The van der Waals surface area contributed by atoms with Crippen LogP contribution in [0.4, 0.5) is 0 Å². The van der Waals surface area contributed by atoms with Crippen LogP contribution in [0, 0.1) is 5.92 Å². The van der Waals surface area contributed by atoms with Gasteiger partial charge < -0.3 is 9.42 Å². The average Bonchev–Trinajstić information content (AvgIpc) is 3.19. The van der Waals surface area contributed by atoms with E-state index in [-0.39, 0.29) is 11.8 Å². The molecule has 0 radical (unpaired) electrons. The first-order valence-corrected chi connectivity index (χ1v) is 8.40. The van der Waals surface area contributed by atoms with Crippen molar-refractivity contribution in [3.63, 3.8) is 0 Å². The summed E-state index contributed by atoms with van der Waals surface area (Å²) in [6.45, 7) is 1.45. The predicted molar refractivity (Wildman–Crippen MR) is 78.9 cm³/mol. The molecule has 21 heavy (non-hydrogen) atoms. The molecule has 0 spiro atoms.